The maximum atomic E-state index is 11.5. The van der Waals surface area contributed by atoms with Gasteiger partial charge in [-0.15, -0.1) is 5.10 Å². The van der Waals surface area contributed by atoms with E-state index in [1.165, 1.54) is 4.68 Å². The lowest BCUT2D eigenvalue weighted by Gasteiger charge is -2.01. The molecular formula is C11H19N7O2. The average Bonchev–Trinajstić information content (AvgIpc) is 2.82. The topological polar surface area (TPSA) is 141 Å². The molecule has 9 heteroatoms. The van der Waals surface area contributed by atoms with Gasteiger partial charge in [0.15, 0.2) is 5.96 Å². The maximum absolute atomic E-state index is 11.5. The quantitative estimate of drug-likeness (QED) is 0.211. The molecule has 1 rings (SSSR count). The Bertz CT molecular complexity index is 465. The molecule has 0 aliphatic heterocycles. The second kappa shape index (κ2) is 8.62. The number of carbonyl (C=O) groups excluding carboxylic acids is 2. The van der Waals surface area contributed by atoms with Crippen LogP contribution >= 0.6 is 0 Å². The third-order valence-electron chi connectivity index (χ3n) is 2.36. The van der Waals surface area contributed by atoms with Crippen LogP contribution in [0.4, 0.5) is 0 Å². The number of carbonyl (C=O) groups is 2. The van der Waals surface area contributed by atoms with Gasteiger partial charge in [-0.1, -0.05) is 5.21 Å². The first-order chi connectivity index (χ1) is 9.61. The van der Waals surface area contributed by atoms with Gasteiger partial charge in [-0.25, -0.2) is 4.68 Å². The van der Waals surface area contributed by atoms with Crippen molar-refractivity contribution in [3.8, 4) is 0 Å². The number of aryl methyl sites for hydroxylation is 1. The smallest absolute Gasteiger partial charge is 0.241 e. The Labute approximate surface area is 116 Å². The minimum Gasteiger partial charge on any atom is -0.370 e. The van der Waals surface area contributed by atoms with E-state index in [4.69, 9.17) is 11.5 Å². The fourth-order valence-electron chi connectivity index (χ4n) is 1.47. The molecule has 1 heterocycles. The van der Waals surface area contributed by atoms with Crippen LogP contribution in [0.3, 0.4) is 0 Å². The van der Waals surface area contributed by atoms with E-state index in [2.05, 4.69) is 20.6 Å². The summed E-state index contributed by atoms with van der Waals surface area (Å²) in [6, 6.07) is 0. The highest BCUT2D eigenvalue weighted by atomic mass is 16.2. The molecule has 110 valence electrons. The van der Waals surface area contributed by atoms with E-state index in [9.17, 15) is 9.59 Å². The first kappa shape index (κ1) is 15.6. The molecule has 0 fully saturated rings. The van der Waals surface area contributed by atoms with Crippen LogP contribution < -0.4 is 16.8 Å². The van der Waals surface area contributed by atoms with Crippen molar-refractivity contribution in [2.45, 2.75) is 25.8 Å². The van der Waals surface area contributed by atoms with Crippen molar-refractivity contribution in [1.29, 1.82) is 0 Å². The standard InChI is InChI=1S/C11H19N7O2/c12-11(13)15-4-1-3-9-7-18(17-16-9)8-10(20)14-5-2-6-19/h6-7H,1-5,8H2,(H,14,20)(H4,12,13,15). The molecule has 1 amide bonds. The fourth-order valence-corrected chi connectivity index (χ4v) is 1.47. The summed E-state index contributed by atoms with van der Waals surface area (Å²) in [4.78, 5) is 25.4. The Morgan fingerprint density at radius 3 is 3.00 bits per heavy atom. The predicted molar refractivity (Wildman–Crippen MR) is 72.7 cm³/mol. The largest absolute Gasteiger partial charge is 0.370 e. The summed E-state index contributed by atoms with van der Waals surface area (Å²) in [5, 5.41) is 10.4. The van der Waals surface area contributed by atoms with Crippen LogP contribution in [0.5, 0.6) is 0 Å². The highest BCUT2D eigenvalue weighted by Gasteiger charge is 2.05. The molecule has 0 bridgehead atoms. The predicted octanol–water partition coefficient (Wildman–Crippen LogP) is -1.81. The monoisotopic (exact) mass is 281 g/mol. The number of aldehydes is 1. The molecule has 1 aromatic rings. The van der Waals surface area contributed by atoms with Gasteiger partial charge in [0.2, 0.25) is 5.91 Å². The molecule has 0 atom stereocenters. The number of hydrogen-bond donors (Lipinski definition) is 3. The third kappa shape index (κ3) is 6.47. The normalized spacial score (nSPS) is 10.0. The number of aliphatic imine (C=N–C) groups is 1. The molecular weight excluding hydrogens is 262 g/mol. The molecule has 0 aromatic carbocycles. The number of rotatable bonds is 9. The number of aromatic nitrogens is 3. The molecule has 0 aliphatic carbocycles. The summed E-state index contributed by atoms with van der Waals surface area (Å²) >= 11 is 0. The SMILES string of the molecule is NC(N)=NCCCc1cn(CC(=O)NCCC=O)nn1. The molecule has 0 unspecified atom stereocenters. The van der Waals surface area contributed by atoms with Gasteiger partial charge in [0.05, 0.1) is 5.69 Å². The van der Waals surface area contributed by atoms with Gasteiger partial charge in [-0.05, 0) is 12.8 Å². The summed E-state index contributed by atoms with van der Waals surface area (Å²) in [7, 11) is 0. The third-order valence-corrected chi connectivity index (χ3v) is 2.36. The summed E-state index contributed by atoms with van der Waals surface area (Å²) in [5.41, 5.74) is 11.2. The number of hydrogen-bond acceptors (Lipinski definition) is 5. The minimum absolute atomic E-state index is 0.0700. The van der Waals surface area contributed by atoms with Gasteiger partial charge < -0.3 is 21.6 Å². The van der Waals surface area contributed by atoms with Crippen LogP contribution in [0.2, 0.25) is 0 Å². The van der Waals surface area contributed by atoms with Gasteiger partial charge in [-0.2, -0.15) is 0 Å². The Hall–Kier alpha value is -2.45. The number of nitrogens with zero attached hydrogens (tertiary/aromatic N) is 4. The summed E-state index contributed by atoms with van der Waals surface area (Å²) in [6.07, 6.45) is 4.20. The van der Waals surface area contributed by atoms with Crippen LogP contribution in [0.25, 0.3) is 0 Å². The number of nitrogens with one attached hydrogen (secondary N) is 1. The van der Waals surface area contributed by atoms with E-state index < -0.39 is 0 Å². The van der Waals surface area contributed by atoms with E-state index in [1.807, 2.05) is 0 Å². The zero-order valence-corrected chi connectivity index (χ0v) is 11.2. The van der Waals surface area contributed by atoms with Crippen molar-refractivity contribution >= 4 is 18.2 Å². The van der Waals surface area contributed by atoms with Crippen molar-refractivity contribution in [3.05, 3.63) is 11.9 Å². The lowest BCUT2D eigenvalue weighted by Crippen LogP contribution is -2.28. The van der Waals surface area contributed by atoms with E-state index in [1.54, 1.807) is 6.20 Å². The Morgan fingerprint density at radius 1 is 1.50 bits per heavy atom. The molecule has 0 radical (unpaired) electrons. The summed E-state index contributed by atoms with van der Waals surface area (Å²) in [6.45, 7) is 0.948. The average molecular weight is 281 g/mol. The second-order valence-corrected chi connectivity index (χ2v) is 4.12. The maximum Gasteiger partial charge on any atom is 0.241 e. The molecule has 0 spiro atoms. The Balaban J connectivity index is 2.30. The van der Waals surface area contributed by atoms with Crippen LogP contribution in [-0.4, -0.2) is 46.2 Å². The number of nitrogens with two attached hydrogens (primary N) is 2. The van der Waals surface area contributed by atoms with E-state index in [0.717, 1.165) is 18.4 Å². The molecule has 0 saturated heterocycles. The van der Waals surface area contributed by atoms with Crippen molar-refractivity contribution in [3.63, 3.8) is 0 Å². The van der Waals surface area contributed by atoms with E-state index >= 15 is 0 Å². The Kier molecular flexibility index (Phi) is 6.72. The lowest BCUT2D eigenvalue weighted by molar-refractivity contribution is -0.121. The van der Waals surface area contributed by atoms with Crippen LogP contribution in [0.1, 0.15) is 18.5 Å². The summed E-state index contributed by atoms with van der Waals surface area (Å²) in [5.74, 6) is -0.135. The van der Waals surface area contributed by atoms with Crippen LogP contribution in [-0.2, 0) is 22.6 Å². The second-order valence-electron chi connectivity index (χ2n) is 4.12. The lowest BCUT2D eigenvalue weighted by atomic mass is 10.2. The van der Waals surface area contributed by atoms with Gasteiger partial charge in [-0.3, -0.25) is 9.79 Å². The van der Waals surface area contributed by atoms with E-state index in [0.29, 0.717) is 25.9 Å². The van der Waals surface area contributed by atoms with E-state index in [-0.39, 0.29) is 18.4 Å². The molecule has 5 N–H and O–H groups in total. The molecule has 0 aliphatic rings. The first-order valence-corrected chi connectivity index (χ1v) is 6.26. The fraction of sp³-hybridized carbons (Fsp3) is 0.545. The zero-order chi connectivity index (χ0) is 14.8. The highest BCUT2D eigenvalue weighted by molar-refractivity contribution is 5.76. The molecule has 1 aromatic heterocycles. The molecule has 20 heavy (non-hydrogen) atoms. The van der Waals surface area contributed by atoms with Gasteiger partial charge in [0.1, 0.15) is 12.8 Å². The number of guanidine groups is 1. The first-order valence-electron chi connectivity index (χ1n) is 6.26. The highest BCUT2D eigenvalue weighted by Crippen LogP contribution is 1.98. The van der Waals surface area contributed by atoms with Crippen LogP contribution in [0.15, 0.2) is 11.2 Å². The van der Waals surface area contributed by atoms with Crippen molar-refractivity contribution in [1.82, 2.24) is 20.3 Å². The minimum atomic E-state index is -0.205. The zero-order valence-electron chi connectivity index (χ0n) is 11.2. The number of amides is 1. The van der Waals surface area contributed by atoms with Gasteiger partial charge >= 0.3 is 0 Å². The van der Waals surface area contributed by atoms with Crippen LogP contribution in [0, 0.1) is 0 Å². The summed E-state index contributed by atoms with van der Waals surface area (Å²) < 4.78 is 1.45. The Morgan fingerprint density at radius 2 is 2.30 bits per heavy atom. The van der Waals surface area contributed by atoms with Crippen molar-refractivity contribution < 1.29 is 9.59 Å². The van der Waals surface area contributed by atoms with Crippen molar-refractivity contribution in [2.75, 3.05) is 13.1 Å². The molecule has 0 saturated carbocycles. The van der Waals surface area contributed by atoms with Gasteiger partial charge in [0.25, 0.3) is 0 Å². The van der Waals surface area contributed by atoms with Crippen molar-refractivity contribution in [2.24, 2.45) is 16.5 Å². The molecule has 9 nitrogen and oxygen atoms in total. The van der Waals surface area contributed by atoms with Gasteiger partial charge in [0, 0.05) is 25.7 Å².